The van der Waals surface area contributed by atoms with Crippen molar-refractivity contribution in [2.75, 3.05) is 13.2 Å². The molecule has 1 heterocycles. The van der Waals surface area contributed by atoms with Crippen molar-refractivity contribution in [3.05, 3.63) is 22.2 Å². The second kappa shape index (κ2) is 5.72. The van der Waals surface area contributed by atoms with Crippen molar-refractivity contribution in [3.8, 4) is 11.5 Å². The van der Waals surface area contributed by atoms with E-state index in [0.717, 1.165) is 0 Å². The fourth-order valence-corrected chi connectivity index (χ4v) is 2.33. The molecule has 0 saturated heterocycles. The predicted octanol–water partition coefficient (Wildman–Crippen LogP) is 1.32. The number of benzene rings is 1. The van der Waals surface area contributed by atoms with Gasteiger partial charge < -0.3 is 9.47 Å². The molecular formula is C10H12Cl2N2O4S. The number of nitrogens with one attached hydrogen (secondary N) is 1. The van der Waals surface area contributed by atoms with Crippen LogP contribution in [0.1, 0.15) is 6.42 Å². The van der Waals surface area contributed by atoms with Crippen LogP contribution in [0.25, 0.3) is 0 Å². The number of nitrogens with two attached hydrogens (primary N) is 1. The van der Waals surface area contributed by atoms with Gasteiger partial charge in [-0.05, 0) is 0 Å². The molecule has 0 aromatic heterocycles. The van der Waals surface area contributed by atoms with E-state index in [2.05, 4.69) is 4.72 Å². The lowest BCUT2D eigenvalue weighted by Crippen LogP contribution is -2.36. The maximum Gasteiger partial charge on any atom is 0.274 e. The summed E-state index contributed by atoms with van der Waals surface area (Å²) in [6, 6.07) is 3.15. The summed E-state index contributed by atoms with van der Waals surface area (Å²) in [6.45, 7) is 0.473. The molecule has 19 heavy (non-hydrogen) atoms. The Morgan fingerprint density at radius 2 is 1.95 bits per heavy atom. The third-order valence-corrected chi connectivity index (χ3v) is 3.80. The number of halogens is 2. The molecule has 1 aromatic carbocycles. The van der Waals surface area contributed by atoms with E-state index in [9.17, 15) is 8.42 Å². The number of hydrogen-bond donors (Lipinski definition) is 2. The average molecular weight is 327 g/mol. The van der Waals surface area contributed by atoms with Gasteiger partial charge in [0, 0.05) is 25.1 Å². The van der Waals surface area contributed by atoms with E-state index >= 15 is 0 Å². The molecule has 3 N–H and O–H groups in total. The van der Waals surface area contributed by atoms with Gasteiger partial charge in [-0.3, -0.25) is 0 Å². The smallest absolute Gasteiger partial charge is 0.274 e. The highest BCUT2D eigenvalue weighted by atomic mass is 35.5. The highest BCUT2D eigenvalue weighted by Gasteiger charge is 2.22. The van der Waals surface area contributed by atoms with Gasteiger partial charge in [0.25, 0.3) is 10.2 Å². The molecule has 0 spiro atoms. The summed E-state index contributed by atoms with van der Waals surface area (Å²) in [5.41, 5.74) is 0. The molecule has 0 aliphatic carbocycles. The Hall–Kier alpha value is -0.730. The molecule has 0 fully saturated rings. The van der Waals surface area contributed by atoms with Gasteiger partial charge in [0.2, 0.25) is 0 Å². The largest absolute Gasteiger partial charge is 0.486 e. The van der Waals surface area contributed by atoms with Gasteiger partial charge in [-0.15, -0.1) is 0 Å². The monoisotopic (exact) mass is 326 g/mol. The van der Waals surface area contributed by atoms with E-state index in [1.54, 1.807) is 12.1 Å². The SMILES string of the molecule is NS(=O)(=O)NCC[C@H]1COc2cc(Cl)c(Cl)cc2O1. The zero-order valence-electron chi connectivity index (χ0n) is 9.73. The molecule has 1 aliphatic heterocycles. The van der Waals surface area contributed by atoms with Crippen molar-refractivity contribution in [1.29, 1.82) is 0 Å². The van der Waals surface area contributed by atoms with Crippen LogP contribution in [0, 0.1) is 0 Å². The Labute approximate surface area is 121 Å². The molecule has 0 unspecified atom stereocenters. The minimum atomic E-state index is -3.68. The number of rotatable bonds is 4. The van der Waals surface area contributed by atoms with Gasteiger partial charge in [-0.25, -0.2) is 9.86 Å². The zero-order chi connectivity index (χ0) is 14.0. The summed E-state index contributed by atoms with van der Waals surface area (Å²) >= 11 is 11.7. The highest BCUT2D eigenvalue weighted by molar-refractivity contribution is 7.87. The molecule has 0 amide bonds. The summed E-state index contributed by atoms with van der Waals surface area (Å²) in [5, 5.41) is 5.58. The van der Waals surface area contributed by atoms with Crippen LogP contribution in [0.4, 0.5) is 0 Å². The molecule has 1 aliphatic rings. The first kappa shape index (κ1) is 14.7. The summed E-state index contributed by atoms with van der Waals surface area (Å²) in [7, 11) is -3.68. The molecule has 106 valence electrons. The maximum absolute atomic E-state index is 10.7. The van der Waals surface area contributed by atoms with Gasteiger partial charge in [-0.2, -0.15) is 8.42 Å². The Bertz CT molecular complexity index is 579. The predicted molar refractivity (Wildman–Crippen MR) is 72.1 cm³/mol. The number of ether oxygens (including phenoxy) is 2. The average Bonchev–Trinajstić information content (AvgIpc) is 2.29. The van der Waals surface area contributed by atoms with Crippen LogP contribution in [0.5, 0.6) is 11.5 Å². The van der Waals surface area contributed by atoms with Crippen LogP contribution < -0.4 is 19.3 Å². The van der Waals surface area contributed by atoms with Crippen molar-refractivity contribution in [3.63, 3.8) is 0 Å². The Morgan fingerprint density at radius 3 is 2.58 bits per heavy atom. The van der Waals surface area contributed by atoms with Crippen molar-refractivity contribution in [2.45, 2.75) is 12.5 Å². The number of hydrogen-bond acceptors (Lipinski definition) is 4. The molecule has 6 nitrogen and oxygen atoms in total. The zero-order valence-corrected chi connectivity index (χ0v) is 12.1. The number of fused-ring (bicyclic) bond motifs is 1. The molecule has 0 bridgehead atoms. The van der Waals surface area contributed by atoms with Crippen molar-refractivity contribution < 1.29 is 17.9 Å². The second-order valence-corrected chi connectivity index (χ2v) is 6.19. The standard InChI is InChI=1S/C10H12Cl2N2O4S/c11-7-3-9-10(4-8(7)12)18-6(5-17-9)1-2-14-19(13,15)16/h3-4,6,14H,1-2,5H2,(H2,13,15,16)/t6-/m0/s1. The molecule has 1 atom stereocenters. The second-order valence-electron chi connectivity index (χ2n) is 3.99. The lowest BCUT2D eigenvalue weighted by molar-refractivity contribution is 0.0860. The molecule has 0 radical (unpaired) electrons. The highest BCUT2D eigenvalue weighted by Crippen LogP contribution is 2.38. The molecule has 9 heteroatoms. The van der Waals surface area contributed by atoms with Gasteiger partial charge in [-0.1, -0.05) is 23.2 Å². The topological polar surface area (TPSA) is 90.7 Å². The first-order chi connectivity index (χ1) is 8.85. The van der Waals surface area contributed by atoms with E-state index in [1.165, 1.54) is 0 Å². The third-order valence-electron chi connectivity index (χ3n) is 2.47. The van der Waals surface area contributed by atoms with Crippen LogP contribution in [0.15, 0.2) is 12.1 Å². The van der Waals surface area contributed by atoms with Crippen molar-refractivity contribution >= 4 is 33.4 Å². The van der Waals surface area contributed by atoms with Crippen LogP contribution in [-0.4, -0.2) is 27.7 Å². The van der Waals surface area contributed by atoms with E-state index in [-0.39, 0.29) is 12.6 Å². The van der Waals surface area contributed by atoms with Crippen LogP contribution in [0.3, 0.4) is 0 Å². The fraction of sp³-hybridized carbons (Fsp3) is 0.400. The van der Waals surface area contributed by atoms with E-state index < -0.39 is 10.2 Å². The first-order valence-corrected chi connectivity index (χ1v) is 7.71. The molecular weight excluding hydrogens is 315 g/mol. The normalized spacial score (nSPS) is 18.4. The minimum absolute atomic E-state index is 0.170. The van der Waals surface area contributed by atoms with Crippen molar-refractivity contribution in [2.24, 2.45) is 5.14 Å². The van der Waals surface area contributed by atoms with E-state index in [4.69, 9.17) is 37.8 Å². The van der Waals surface area contributed by atoms with E-state index in [0.29, 0.717) is 34.6 Å². The summed E-state index contributed by atoms with van der Waals surface area (Å²) < 4.78 is 34.7. The van der Waals surface area contributed by atoms with Gasteiger partial charge in [0.05, 0.1) is 10.0 Å². The Balaban J connectivity index is 1.96. The van der Waals surface area contributed by atoms with Gasteiger partial charge in [0.15, 0.2) is 11.5 Å². The van der Waals surface area contributed by atoms with Gasteiger partial charge in [0.1, 0.15) is 12.7 Å². The van der Waals surface area contributed by atoms with E-state index in [1.807, 2.05) is 0 Å². The minimum Gasteiger partial charge on any atom is -0.486 e. The summed E-state index contributed by atoms with van der Waals surface area (Å²) in [4.78, 5) is 0. The Kier molecular flexibility index (Phi) is 4.42. The quantitative estimate of drug-likeness (QED) is 0.872. The van der Waals surface area contributed by atoms with Crippen molar-refractivity contribution in [1.82, 2.24) is 4.72 Å². The fourth-order valence-electron chi connectivity index (χ4n) is 1.62. The van der Waals surface area contributed by atoms with Crippen LogP contribution >= 0.6 is 23.2 Å². The van der Waals surface area contributed by atoms with Crippen LogP contribution in [0.2, 0.25) is 10.0 Å². The first-order valence-electron chi connectivity index (χ1n) is 5.41. The molecule has 0 saturated carbocycles. The lowest BCUT2D eigenvalue weighted by Gasteiger charge is -2.26. The maximum atomic E-state index is 10.7. The molecule has 1 aromatic rings. The summed E-state index contributed by atoms with van der Waals surface area (Å²) in [5.74, 6) is 1.01. The summed E-state index contributed by atoms with van der Waals surface area (Å²) in [6.07, 6.45) is 0.148. The Morgan fingerprint density at radius 1 is 1.32 bits per heavy atom. The molecule has 2 rings (SSSR count). The van der Waals surface area contributed by atoms with Crippen LogP contribution in [-0.2, 0) is 10.2 Å². The van der Waals surface area contributed by atoms with Gasteiger partial charge >= 0.3 is 0 Å². The lowest BCUT2D eigenvalue weighted by atomic mass is 10.2. The third kappa shape index (κ3) is 4.12.